The van der Waals surface area contributed by atoms with E-state index in [-0.39, 0.29) is 5.56 Å². The van der Waals surface area contributed by atoms with E-state index in [1.807, 2.05) is 6.07 Å². The Hall–Kier alpha value is -1.60. The molecule has 1 aromatic rings. The summed E-state index contributed by atoms with van der Waals surface area (Å²) in [4.78, 5) is 0. The first-order valence-corrected chi connectivity index (χ1v) is 5.35. The lowest BCUT2D eigenvalue weighted by Gasteiger charge is -2.12. The van der Waals surface area contributed by atoms with Crippen LogP contribution in [0.4, 0.5) is 4.39 Å². The van der Waals surface area contributed by atoms with Crippen LogP contribution >= 0.6 is 0 Å². The third-order valence-electron chi connectivity index (χ3n) is 2.66. The van der Waals surface area contributed by atoms with Crippen molar-refractivity contribution in [1.82, 2.24) is 5.32 Å². The Morgan fingerprint density at radius 3 is 3.12 bits per heavy atom. The van der Waals surface area contributed by atoms with E-state index < -0.39 is 5.82 Å². The fourth-order valence-electron chi connectivity index (χ4n) is 1.80. The third-order valence-corrected chi connectivity index (χ3v) is 2.66. The largest absolute Gasteiger partial charge is 0.491 e. The first-order chi connectivity index (χ1) is 7.79. The molecule has 0 saturated carbocycles. The van der Waals surface area contributed by atoms with Crippen molar-refractivity contribution in [1.29, 1.82) is 5.26 Å². The van der Waals surface area contributed by atoms with Gasteiger partial charge in [-0.3, -0.25) is 0 Å². The highest BCUT2D eigenvalue weighted by Gasteiger charge is 2.15. The van der Waals surface area contributed by atoms with Gasteiger partial charge in [0.1, 0.15) is 24.2 Å². The Kier molecular flexibility index (Phi) is 3.37. The maximum absolute atomic E-state index is 12.9. The molecule has 84 valence electrons. The number of halogens is 1. The number of benzene rings is 1. The molecule has 1 aliphatic heterocycles. The van der Waals surface area contributed by atoms with Crippen molar-refractivity contribution in [2.45, 2.75) is 18.9 Å². The Balaban J connectivity index is 2.00. The normalized spacial score (nSPS) is 19.4. The minimum absolute atomic E-state index is 0.248. The second-order valence-electron chi connectivity index (χ2n) is 3.86. The molecule has 16 heavy (non-hydrogen) atoms. The fraction of sp³-hybridized carbons (Fsp3) is 0.417. The Morgan fingerprint density at radius 2 is 2.44 bits per heavy atom. The van der Waals surface area contributed by atoms with Gasteiger partial charge >= 0.3 is 0 Å². The molecule has 1 heterocycles. The van der Waals surface area contributed by atoms with Crippen LogP contribution in [0.2, 0.25) is 0 Å². The van der Waals surface area contributed by atoms with Gasteiger partial charge in [-0.1, -0.05) is 0 Å². The van der Waals surface area contributed by atoms with Crippen molar-refractivity contribution in [3.8, 4) is 11.8 Å². The zero-order valence-electron chi connectivity index (χ0n) is 8.87. The van der Waals surface area contributed by atoms with E-state index in [1.54, 1.807) is 0 Å². The summed E-state index contributed by atoms with van der Waals surface area (Å²) in [5.74, 6) is 0.0421. The van der Waals surface area contributed by atoms with Crippen LogP contribution in [0.25, 0.3) is 0 Å². The van der Waals surface area contributed by atoms with E-state index >= 15 is 0 Å². The molecule has 0 amide bonds. The molecule has 1 unspecified atom stereocenters. The first-order valence-electron chi connectivity index (χ1n) is 5.35. The van der Waals surface area contributed by atoms with E-state index in [2.05, 4.69) is 5.32 Å². The van der Waals surface area contributed by atoms with Gasteiger partial charge in [0.15, 0.2) is 0 Å². The molecule has 1 aromatic carbocycles. The zero-order valence-corrected chi connectivity index (χ0v) is 8.87. The molecule has 0 aliphatic carbocycles. The summed E-state index contributed by atoms with van der Waals surface area (Å²) in [6.07, 6.45) is 2.24. The number of nitrogens with one attached hydrogen (secondary N) is 1. The molecule has 0 aromatic heterocycles. The van der Waals surface area contributed by atoms with Gasteiger partial charge in [0.25, 0.3) is 0 Å². The van der Waals surface area contributed by atoms with Crippen LogP contribution in [-0.4, -0.2) is 19.2 Å². The van der Waals surface area contributed by atoms with E-state index in [0.717, 1.165) is 19.4 Å². The number of ether oxygens (including phenoxy) is 1. The maximum Gasteiger partial charge on any atom is 0.137 e. The average molecular weight is 220 g/mol. The van der Waals surface area contributed by atoms with Crippen molar-refractivity contribution in [2.75, 3.05) is 13.2 Å². The summed E-state index contributed by atoms with van der Waals surface area (Å²) in [5, 5.41) is 12.1. The lowest BCUT2D eigenvalue weighted by atomic mass is 10.2. The molecular weight excluding hydrogens is 207 g/mol. The van der Waals surface area contributed by atoms with Crippen LogP contribution in [0.3, 0.4) is 0 Å². The Labute approximate surface area is 93.8 Å². The van der Waals surface area contributed by atoms with Crippen LogP contribution in [0.5, 0.6) is 5.75 Å². The summed E-state index contributed by atoms with van der Waals surface area (Å²) < 4.78 is 18.4. The summed E-state index contributed by atoms with van der Waals surface area (Å²) in [6, 6.07) is 6.27. The highest BCUT2D eigenvalue weighted by atomic mass is 19.1. The molecule has 0 bridgehead atoms. The lowest BCUT2D eigenvalue weighted by molar-refractivity contribution is 0.276. The summed E-state index contributed by atoms with van der Waals surface area (Å²) in [5.41, 5.74) is 0.248. The number of nitriles is 1. The van der Waals surface area contributed by atoms with Gasteiger partial charge < -0.3 is 10.1 Å². The van der Waals surface area contributed by atoms with Gasteiger partial charge in [-0.2, -0.15) is 5.26 Å². The molecule has 0 radical (unpaired) electrons. The molecule has 1 fully saturated rings. The minimum atomic E-state index is -0.414. The van der Waals surface area contributed by atoms with Gasteiger partial charge in [0.05, 0.1) is 5.56 Å². The van der Waals surface area contributed by atoms with Crippen molar-refractivity contribution >= 4 is 0 Å². The highest BCUT2D eigenvalue weighted by molar-refractivity contribution is 5.43. The van der Waals surface area contributed by atoms with Crippen molar-refractivity contribution in [3.05, 3.63) is 29.6 Å². The van der Waals surface area contributed by atoms with E-state index in [9.17, 15) is 4.39 Å². The predicted octanol–water partition coefficient (Wildman–Crippen LogP) is 1.83. The molecule has 1 aliphatic rings. The first kappa shape index (κ1) is 10.9. The summed E-state index contributed by atoms with van der Waals surface area (Å²) in [7, 11) is 0. The predicted molar refractivity (Wildman–Crippen MR) is 57.6 cm³/mol. The van der Waals surface area contributed by atoms with Crippen molar-refractivity contribution in [2.24, 2.45) is 0 Å². The Morgan fingerprint density at radius 1 is 1.56 bits per heavy atom. The van der Waals surface area contributed by atoms with Gasteiger partial charge in [0, 0.05) is 6.04 Å². The number of rotatable bonds is 3. The smallest absolute Gasteiger partial charge is 0.137 e. The second kappa shape index (κ2) is 4.95. The monoisotopic (exact) mass is 220 g/mol. The zero-order chi connectivity index (χ0) is 11.4. The topological polar surface area (TPSA) is 45.0 Å². The van der Waals surface area contributed by atoms with Crippen LogP contribution in [0, 0.1) is 17.1 Å². The molecule has 3 nitrogen and oxygen atoms in total. The third kappa shape index (κ3) is 2.50. The van der Waals surface area contributed by atoms with Crippen molar-refractivity contribution in [3.63, 3.8) is 0 Å². The number of hydrogen-bond donors (Lipinski definition) is 1. The van der Waals surface area contributed by atoms with Crippen molar-refractivity contribution < 1.29 is 9.13 Å². The fourth-order valence-corrected chi connectivity index (χ4v) is 1.80. The quantitative estimate of drug-likeness (QED) is 0.845. The maximum atomic E-state index is 12.9. The minimum Gasteiger partial charge on any atom is -0.491 e. The van der Waals surface area contributed by atoms with Crippen LogP contribution in [-0.2, 0) is 0 Å². The standard InChI is InChI=1S/C12H13FN2O/c13-10-3-4-12(9(6-10)7-14)16-8-11-2-1-5-15-11/h3-4,6,11,15H,1-2,5,8H2. The van der Waals surface area contributed by atoms with E-state index in [4.69, 9.17) is 10.00 Å². The molecule has 2 rings (SSSR count). The van der Waals surface area contributed by atoms with E-state index in [0.29, 0.717) is 18.4 Å². The average Bonchev–Trinajstić information content (AvgIpc) is 2.80. The molecule has 1 N–H and O–H groups in total. The molecule has 4 heteroatoms. The van der Waals surface area contributed by atoms with E-state index in [1.165, 1.54) is 18.2 Å². The second-order valence-corrected chi connectivity index (χ2v) is 3.86. The van der Waals surface area contributed by atoms with Gasteiger partial charge in [-0.15, -0.1) is 0 Å². The number of nitrogens with zero attached hydrogens (tertiary/aromatic N) is 1. The molecule has 0 spiro atoms. The Bertz CT molecular complexity index is 408. The van der Waals surface area contributed by atoms with Crippen LogP contribution in [0.1, 0.15) is 18.4 Å². The molecule has 1 atom stereocenters. The van der Waals surface area contributed by atoms with Gasteiger partial charge in [-0.05, 0) is 37.6 Å². The highest BCUT2D eigenvalue weighted by Crippen LogP contribution is 2.19. The van der Waals surface area contributed by atoms with Gasteiger partial charge in [0.2, 0.25) is 0 Å². The number of hydrogen-bond acceptors (Lipinski definition) is 3. The SMILES string of the molecule is N#Cc1cc(F)ccc1OCC1CCCN1. The van der Waals surface area contributed by atoms with Gasteiger partial charge in [-0.25, -0.2) is 4.39 Å². The van der Waals surface area contributed by atoms with Crippen LogP contribution < -0.4 is 10.1 Å². The summed E-state index contributed by atoms with van der Waals surface area (Å²) in [6.45, 7) is 1.54. The summed E-state index contributed by atoms with van der Waals surface area (Å²) >= 11 is 0. The molecular formula is C12H13FN2O. The van der Waals surface area contributed by atoms with Crippen LogP contribution in [0.15, 0.2) is 18.2 Å². The molecule has 1 saturated heterocycles. The lowest BCUT2D eigenvalue weighted by Crippen LogP contribution is -2.28.